The van der Waals surface area contributed by atoms with Gasteiger partial charge in [-0.25, -0.2) is 4.98 Å². The largest absolute Gasteiger partial charge is 0.456 e. The fourth-order valence-corrected chi connectivity index (χ4v) is 7.03. The summed E-state index contributed by atoms with van der Waals surface area (Å²) < 4.78 is 8.47. The van der Waals surface area contributed by atoms with E-state index in [9.17, 15) is 0 Å². The summed E-state index contributed by atoms with van der Waals surface area (Å²) in [7, 11) is 0. The smallest absolute Gasteiger partial charge is 0.238 e. The summed E-state index contributed by atoms with van der Waals surface area (Å²) in [6.45, 7) is 0. The van der Waals surface area contributed by atoms with E-state index in [4.69, 9.17) is 19.4 Å². The fraction of sp³-hybridized carbons (Fsp3) is 0. The van der Waals surface area contributed by atoms with Gasteiger partial charge in [-0.15, -0.1) is 0 Å². The fourth-order valence-electron chi connectivity index (χ4n) is 7.03. The van der Waals surface area contributed by atoms with Gasteiger partial charge in [-0.3, -0.25) is 4.57 Å². The van der Waals surface area contributed by atoms with Crippen LogP contribution in [0.1, 0.15) is 0 Å². The normalized spacial score (nSPS) is 11.6. The Kier molecular flexibility index (Phi) is 6.42. The number of fused-ring (bicyclic) bond motifs is 6. The number of furan rings is 1. The highest BCUT2D eigenvalue weighted by molar-refractivity contribution is 6.10. The Morgan fingerprint density at radius 3 is 1.52 bits per heavy atom. The van der Waals surface area contributed by atoms with Gasteiger partial charge in [0, 0.05) is 32.7 Å². The van der Waals surface area contributed by atoms with Crippen molar-refractivity contribution in [1.29, 1.82) is 0 Å². The molecule has 0 aliphatic rings. The molecule has 0 fully saturated rings. The van der Waals surface area contributed by atoms with Crippen molar-refractivity contribution in [1.82, 2.24) is 19.5 Å². The molecule has 0 aliphatic heterocycles. The Bertz CT molecular complexity index is 2860. The molecule has 0 N–H and O–H groups in total. The van der Waals surface area contributed by atoms with Gasteiger partial charge in [-0.2, -0.15) is 9.97 Å². The molecular weight excluding hydrogens is 613 g/mol. The second kappa shape index (κ2) is 11.4. The van der Waals surface area contributed by atoms with E-state index in [1.165, 1.54) is 0 Å². The zero-order valence-electron chi connectivity index (χ0n) is 26.9. The van der Waals surface area contributed by atoms with E-state index < -0.39 is 0 Å². The Morgan fingerprint density at radius 2 is 0.840 bits per heavy atom. The number of aromatic nitrogens is 4. The van der Waals surface area contributed by atoms with Crippen LogP contribution in [0, 0.1) is 0 Å². The Hall–Kier alpha value is -6.85. The molecule has 10 rings (SSSR count). The molecule has 0 unspecified atom stereocenters. The molecule has 0 bridgehead atoms. The molecule has 50 heavy (non-hydrogen) atoms. The van der Waals surface area contributed by atoms with Crippen molar-refractivity contribution in [3.05, 3.63) is 170 Å². The Labute approximate surface area is 287 Å². The summed E-state index contributed by atoms with van der Waals surface area (Å²) in [6.07, 6.45) is 0. The number of hydrogen-bond donors (Lipinski definition) is 0. The van der Waals surface area contributed by atoms with Crippen LogP contribution in [0.15, 0.2) is 174 Å². The minimum atomic E-state index is 0.564. The predicted octanol–water partition coefficient (Wildman–Crippen LogP) is 11.5. The molecule has 3 aromatic heterocycles. The lowest BCUT2D eigenvalue weighted by Crippen LogP contribution is -2.06. The molecule has 7 aromatic carbocycles. The summed E-state index contributed by atoms with van der Waals surface area (Å²) in [6, 6.07) is 58.7. The number of para-hydroxylation sites is 1. The predicted molar refractivity (Wildman–Crippen MR) is 203 cm³/mol. The first-order chi connectivity index (χ1) is 24.8. The maximum atomic E-state index is 6.30. The van der Waals surface area contributed by atoms with Gasteiger partial charge in [0.05, 0.1) is 11.0 Å². The van der Waals surface area contributed by atoms with Crippen LogP contribution in [0.25, 0.3) is 94.7 Å². The first-order valence-electron chi connectivity index (χ1n) is 16.7. The van der Waals surface area contributed by atoms with Crippen molar-refractivity contribution < 1.29 is 4.42 Å². The monoisotopic (exact) mass is 640 g/mol. The lowest BCUT2D eigenvalue weighted by molar-refractivity contribution is 0.669. The maximum absolute atomic E-state index is 6.30. The number of benzene rings is 7. The van der Waals surface area contributed by atoms with E-state index in [0.717, 1.165) is 77.1 Å². The summed E-state index contributed by atoms with van der Waals surface area (Å²) in [5, 5.41) is 4.36. The molecule has 0 aliphatic carbocycles. The van der Waals surface area contributed by atoms with Gasteiger partial charge in [0.1, 0.15) is 11.2 Å². The molecule has 5 heteroatoms. The lowest BCUT2D eigenvalue weighted by Gasteiger charge is -2.11. The molecule has 0 saturated heterocycles. The van der Waals surface area contributed by atoms with Crippen LogP contribution in [-0.4, -0.2) is 19.5 Å². The average Bonchev–Trinajstić information content (AvgIpc) is 3.73. The summed E-state index contributed by atoms with van der Waals surface area (Å²) in [5.41, 5.74) is 10.1. The van der Waals surface area contributed by atoms with Crippen LogP contribution in [0.2, 0.25) is 0 Å². The summed E-state index contributed by atoms with van der Waals surface area (Å²) in [5.74, 6) is 1.77. The molecule has 0 amide bonds. The van der Waals surface area contributed by atoms with Gasteiger partial charge in [-0.1, -0.05) is 127 Å². The second-order valence-electron chi connectivity index (χ2n) is 12.5. The van der Waals surface area contributed by atoms with Gasteiger partial charge in [0.15, 0.2) is 11.6 Å². The van der Waals surface area contributed by atoms with Crippen molar-refractivity contribution in [2.45, 2.75) is 0 Å². The summed E-state index contributed by atoms with van der Waals surface area (Å²) >= 11 is 0. The van der Waals surface area contributed by atoms with Crippen LogP contribution in [-0.2, 0) is 0 Å². The molecule has 0 radical (unpaired) electrons. The lowest BCUT2D eigenvalue weighted by atomic mass is 10.0. The van der Waals surface area contributed by atoms with E-state index >= 15 is 0 Å². The SMILES string of the molecule is c1ccc(-c2ccc3oc4ccc(-c5nc(-c6ccccc6)nc(-n6c7ccccc7c7ccc(-c8ccccc8)cc76)n5)cc4c3c2)cc1. The topological polar surface area (TPSA) is 56.7 Å². The van der Waals surface area contributed by atoms with Crippen molar-refractivity contribution in [3.63, 3.8) is 0 Å². The molecule has 0 spiro atoms. The third kappa shape index (κ3) is 4.67. The molecule has 3 heterocycles. The van der Waals surface area contributed by atoms with Gasteiger partial charge in [-0.05, 0) is 64.7 Å². The molecule has 234 valence electrons. The van der Waals surface area contributed by atoms with E-state index in [-0.39, 0.29) is 0 Å². The third-order valence-corrected chi connectivity index (χ3v) is 9.47. The first kappa shape index (κ1) is 28.2. The van der Waals surface area contributed by atoms with E-state index in [2.05, 4.69) is 120 Å². The number of nitrogens with zero attached hydrogens (tertiary/aromatic N) is 4. The average molecular weight is 641 g/mol. The minimum Gasteiger partial charge on any atom is -0.456 e. The van der Waals surface area contributed by atoms with Crippen LogP contribution in [0.3, 0.4) is 0 Å². The maximum Gasteiger partial charge on any atom is 0.238 e. The third-order valence-electron chi connectivity index (χ3n) is 9.47. The van der Waals surface area contributed by atoms with Crippen molar-refractivity contribution in [3.8, 4) is 51.0 Å². The van der Waals surface area contributed by atoms with E-state index in [1.807, 2.05) is 54.6 Å². The standard InChI is InChI=1S/C45H28N4O/c1-4-12-29(13-5-1)32-21-24-41-37(26-32)38-27-34(22-25-42(38)50-41)44-46-43(31-16-8-3-9-17-31)47-45(48-44)49-39-19-11-10-18-35(39)36-23-20-33(28-40(36)49)30-14-6-2-7-15-30/h1-28H. The quantitative estimate of drug-likeness (QED) is 0.188. The molecule has 5 nitrogen and oxygen atoms in total. The second-order valence-corrected chi connectivity index (χ2v) is 12.5. The van der Waals surface area contributed by atoms with Crippen LogP contribution in [0.5, 0.6) is 0 Å². The van der Waals surface area contributed by atoms with E-state index in [0.29, 0.717) is 17.6 Å². The number of rotatable bonds is 5. The van der Waals surface area contributed by atoms with Gasteiger partial charge in [0.2, 0.25) is 5.95 Å². The minimum absolute atomic E-state index is 0.564. The molecule has 10 aromatic rings. The van der Waals surface area contributed by atoms with Crippen molar-refractivity contribution in [2.24, 2.45) is 0 Å². The van der Waals surface area contributed by atoms with Gasteiger partial charge >= 0.3 is 0 Å². The Morgan fingerprint density at radius 1 is 0.340 bits per heavy atom. The van der Waals surface area contributed by atoms with Crippen LogP contribution < -0.4 is 0 Å². The molecular formula is C45H28N4O. The van der Waals surface area contributed by atoms with Gasteiger partial charge < -0.3 is 4.42 Å². The summed E-state index contributed by atoms with van der Waals surface area (Å²) in [4.78, 5) is 15.4. The highest BCUT2D eigenvalue weighted by Gasteiger charge is 2.19. The highest BCUT2D eigenvalue weighted by atomic mass is 16.3. The van der Waals surface area contributed by atoms with Crippen LogP contribution >= 0.6 is 0 Å². The van der Waals surface area contributed by atoms with Crippen molar-refractivity contribution >= 4 is 43.7 Å². The van der Waals surface area contributed by atoms with Crippen molar-refractivity contribution in [2.75, 3.05) is 0 Å². The van der Waals surface area contributed by atoms with Gasteiger partial charge in [0.25, 0.3) is 0 Å². The first-order valence-corrected chi connectivity index (χ1v) is 16.7. The number of hydrogen-bond acceptors (Lipinski definition) is 4. The van der Waals surface area contributed by atoms with E-state index in [1.54, 1.807) is 0 Å². The van der Waals surface area contributed by atoms with Crippen LogP contribution in [0.4, 0.5) is 0 Å². The highest BCUT2D eigenvalue weighted by Crippen LogP contribution is 2.37. The Balaban J connectivity index is 1.21. The zero-order chi connectivity index (χ0) is 33.0. The molecule has 0 saturated carbocycles. The zero-order valence-corrected chi connectivity index (χ0v) is 26.9. The molecule has 0 atom stereocenters.